The number of hydrogen-bond acceptors (Lipinski definition) is 4. The van der Waals surface area contributed by atoms with Gasteiger partial charge in [-0.2, -0.15) is 5.10 Å². The van der Waals surface area contributed by atoms with Crippen molar-refractivity contribution in [1.82, 2.24) is 25.1 Å². The maximum absolute atomic E-state index is 6.27. The molecule has 1 aliphatic heterocycles. The number of piperidine rings is 1. The van der Waals surface area contributed by atoms with E-state index in [0.29, 0.717) is 10.9 Å². The van der Waals surface area contributed by atoms with Crippen molar-refractivity contribution in [3.8, 4) is 0 Å². The summed E-state index contributed by atoms with van der Waals surface area (Å²) in [5.74, 6) is 1.42. The standard InChI is InChI=1S/C17H18ClN5/c18-15-5-1-3-12-6-7-14(21-16(12)15)10-23-8-2-4-13(9-23)17-19-11-20-22-17/h1,3,5-7,11,13H,2,4,8-10H2,(H,19,20,22). The minimum Gasteiger partial charge on any atom is -0.297 e. The Bertz CT molecular complexity index is 802. The molecule has 1 fully saturated rings. The predicted molar refractivity (Wildman–Crippen MR) is 90.4 cm³/mol. The quantitative estimate of drug-likeness (QED) is 0.801. The smallest absolute Gasteiger partial charge is 0.137 e. The van der Waals surface area contributed by atoms with Crippen molar-refractivity contribution in [2.24, 2.45) is 0 Å². The van der Waals surface area contributed by atoms with Crippen LogP contribution < -0.4 is 0 Å². The van der Waals surface area contributed by atoms with E-state index in [9.17, 15) is 0 Å². The molecule has 0 aliphatic carbocycles. The summed E-state index contributed by atoms with van der Waals surface area (Å²) in [6, 6.07) is 10.1. The van der Waals surface area contributed by atoms with E-state index in [4.69, 9.17) is 16.6 Å². The van der Waals surface area contributed by atoms with Crippen molar-refractivity contribution in [3.63, 3.8) is 0 Å². The van der Waals surface area contributed by atoms with E-state index in [0.717, 1.165) is 48.5 Å². The summed E-state index contributed by atoms with van der Waals surface area (Å²) in [6.45, 7) is 2.91. The number of aromatic nitrogens is 4. The summed E-state index contributed by atoms with van der Waals surface area (Å²) in [6.07, 6.45) is 3.91. The third-order valence-corrected chi connectivity index (χ3v) is 4.75. The van der Waals surface area contributed by atoms with Gasteiger partial charge in [0.1, 0.15) is 12.2 Å². The number of nitrogens with zero attached hydrogens (tertiary/aromatic N) is 4. The molecule has 1 aromatic carbocycles. The summed E-state index contributed by atoms with van der Waals surface area (Å²) in [7, 11) is 0. The highest BCUT2D eigenvalue weighted by Gasteiger charge is 2.23. The Labute approximate surface area is 139 Å². The van der Waals surface area contributed by atoms with E-state index in [1.807, 2.05) is 18.2 Å². The molecule has 0 spiro atoms. The maximum Gasteiger partial charge on any atom is 0.137 e. The molecule has 1 aliphatic rings. The Morgan fingerprint density at radius 3 is 3.09 bits per heavy atom. The molecule has 3 aromatic rings. The zero-order valence-electron chi connectivity index (χ0n) is 12.7. The van der Waals surface area contributed by atoms with Crippen LogP contribution in [0.1, 0.15) is 30.3 Å². The molecule has 0 bridgehead atoms. The second-order valence-electron chi connectivity index (χ2n) is 6.06. The molecular weight excluding hydrogens is 310 g/mol. The van der Waals surface area contributed by atoms with Crippen LogP contribution in [0.25, 0.3) is 10.9 Å². The van der Waals surface area contributed by atoms with Gasteiger partial charge in [0.15, 0.2) is 0 Å². The van der Waals surface area contributed by atoms with Crippen LogP contribution in [0.2, 0.25) is 5.02 Å². The molecule has 1 atom stereocenters. The Kier molecular flexibility index (Phi) is 3.97. The first kappa shape index (κ1) is 14.6. The van der Waals surface area contributed by atoms with Gasteiger partial charge in [-0.3, -0.25) is 10.00 Å². The highest BCUT2D eigenvalue weighted by Crippen LogP contribution is 2.26. The Morgan fingerprint density at radius 2 is 2.22 bits per heavy atom. The number of para-hydroxylation sites is 1. The number of rotatable bonds is 3. The van der Waals surface area contributed by atoms with Gasteiger partial charge in [0.05, 0.1) is 16.2 Å². The van der Waals surface area contributed by atoms with Crippen LogP contribution in [0.4, 0.5) is 0 Å². The molecule has 2 aromatic heterocycles. The van der Waals surface area contributed by atoms with E-state index < -0.39 is 0 Å². The lowest BCUT2D eigenvalue weighted by atomic mass is 9.97. The van der Waals surface area contributed by atoms with E-state index >= 15 is 0 Å². The fraction of sp³-hybridized carbons (Fsp3) is 0.353. The fourth-order valence-electron chi connectivity index (χ4n) is 3.30. The van der Waals surface area contributed by atoms with Gasteiger partial charge in [-0.25, -0.2) is 9.97 Å². The van der Waals surface area contributed by atoms with Crippen molar-refractivity contribution < 1.29 is 0 Å². The molecule has 0 saturated carbocycles. The lowest BCUT2D eigenvalue weighted by Crippen LogP contribution is -2.34. The summed E-state index contributed by atoms with van der Waals surface area (Å²) < 4.78 is 0. The highest BCUT2D eigenvalue weighted by atomic mass is 35.5. The number of pyridine rings is 1. The number of fused-ring (bicyclic) bond motifs is 1. The van der Waals surface area contributed by atoms with Crippen LogP contribution in [0.5, 0.6) is 0 Å². The molecule has 4 rings (SSSR count). The lowest BCUT2D eigenvalue weighted by molar-refractivity contribution is 0.195. The summed E-state index contributed by atoms with van der Waals surface area (Å²) >= 11 is 6.27. The maximum atomic E-state index is 6.27. The molecule has 1 unspecified atom stereocenters. The second-order valence-corrected chi connectivity index (χ2v) is 6.47. The van der Waals surface area contributed by atoms with E-state index in [1.165, 1.54) is 6.42 Å². The van der Waals surface area contributed by atoms with Crippen LogP contribution in [-0.4, -0.2) is 38.2 Å². The first-order chi connectivity index (χ1) is 11.3. The van der Waals surface area contributed by atoms with Crippen molar-refractivity contribution in [2.75, 3.05) is 13.1 Å². The first-order valence-electron chi connectivity index (χ1n) is 7.91. The normalized spacial score (nSPS) is 19.3. The van der Waals surface area contributed by atoms with Gasteiger partial charge >= 0.3 is 0 Å². The molecule has 0 radical (unpaired) electrons. The van der Waals surface area contributed by atoms with Crippen LogP contribution in [0.15, 0.2) is 36.7 Å². The number of hydrogen-bond donors (Lipinski definition) is 1. The fourth-order valence-corrected chi connectivity index (χ4v) is 3.53. The van der Waals surface area contributed by atoms with Crippen LogP contribution in [0, 0.1) is 0 Å². The van der Waals surface area contributed by atoms with Crippen molar-refractivity contribution in [2.45, 2.75) is 25.3 Å². The zero-order valence-corrected chi connectivity index (χ0v) is 13.5. The van der Waals surface area contributed by atoms with Gasteiger partial charge in [0, 0.05) is 24.4 Å². The summed E-state index contributed by atoms with van der Waals surface area (Å²) in [4.78, 5) is 11.5. The monoisotopic (exact) mass is 327 g/mol. The largest absolute Gasteiger partial charge is 0.297 e. The molecule has 5 nitrogen and oxygen atoms in total. The van der Waals surface area contributed by atoms with Gasteiger partial charge in [-0.05, 0) is 31.5 Å². The zero-order chi connectivity index (χ0) is 15.6. The molecular formula is C17H18ClN5. The minimum atomic E-state index is 0.426. The third kappa shape index (κ3) is 3.07. The first-order valence-corrected chi connectivity index (χ1v) is 8.29. The predicted octanol–water partition coefficient (Wildman–Crippen LogP) is 3.39. The summed E-state index contributed by atoms with van der Waals surface area (Å²) in [5.41, 5.74) is 1.94. The number of nitrogens with one attached hydrogen (secondary N) is 1. The van der Waals surface area contributed by atoms with Crippen molar-refractivity contribution in [1.29, 1.82) is 0 Å². The summed E-state index contributed by atoms with van der Waals surface area (Å²) in [5, 5.41) is 8.76. The molecule has 0 amide bonds. The SMILES string of the molecule is Clc1cccc2ccc(CN3CCCC(c4ncn[nH]4)C3)nc12. The van der Waals surface area contributed by atoms with Gasteiger partial charge in [0.2, 0.25) is 0 Å². The minimum absolute atomic E-state index is 0.426. The van der Waals surface area contributed by atoms with Gasteiger partial charge in [-0.1, -0.05) is 29.8 Å². The molecule has 118 valence electrons. The average molecular weight is 328 g/mol. The number of likely N-dealkylation sites (tertiary alicyclic amines) is 1. The second kappa shape index (κ2) is 6.26. The molecule has 6 heteroatoms. The van der Waals surface area contributed by atoms with Gasteiger partial charge in [-0.15, -0.1) is 0 Å². The Balaban J connectivity index is 1.52. The van der Waals surface area contributed by atoms with Crippen LogP contribution in [0.3, 0.4) is 0 Å². The topological polar surface area (TPSA) is 57.7 Å². The van der Waals surface area contributed by atoms with Crippen molar-refractivity contribution in [3.05, 3.63) is 53.2 Å². The molecule has 3 heterocycles. The lowest BCUT2D eigenvalue weighted by Gasteiger charge is -2.31. The van der Waals surface area contributed by atoms with E-state index in [1.54, 1.807) is 6.33 Å². The Morgan fingerprint density at radius 1 is 1.26 bits per heavy atom. The molecule has 23 heavy (non-hydrogen) atoms. The van der Waals surface area contributed by atoms with Crippen molar-refractivity contribution >= 4 is 22.5 Å². The van der Waals surface area contributed by atoms with E-state index in [2.05, 4.69) is 32.2 Å². The molecule has 1 saturated heterocycles. The molecule has 1 N–H and O–H groups in total. The van der Waals surface area contributed by atoms with E-state index in [-0.39, 0.29) is 0 Å². The Hall–Kier alpha value is -1.98. The van der Waals surface area contributed by atoms with Gasteiger partial charge < -0.3 is 0 Å². The van der Waals surface area contributed by atoms with Crippen LogP contribution in [-0.2, 0) is 6.54 Å². The number of halogens is 1. The number of benzene rings is 1. The average Bonchev–Trinajstić information content (AvgIpc) is 3.11. The number of aromatic amines is 1. The van der Waals surface area contributed by atoms with Crippen LogP contribution >= 0.6 is 11.6 Å². The highest BCUT2D eigenvalue weighted by molar-refractivity contribution is 6.35. The van der Waals surface area contributed by atoms with Gasteiger partial charge in [0.25, 0.3) is 0 Å². The number of H-pyrrole nitrogens is 1. The third-order valence-electron chi connectivity index (χ3n) is 4.44.